The Morgan fingerprint density at radius 2 is 1.41 bits per heavy atom. The summed E-state index contributed by atoms with van der Waals surface area (Å²) in [5.74, 6) is 2.44. The molecule has 34 heavy (non-hydrogen) atoms. The van der Waals surface area contributed by atoms with E-state index in [0.29, 0.717) is 17.7 Å². The lowest BCUT2D eigenvalue weighted by atomic mass is 9.90. The van der Waals surface area contributed by atoms with Crippen molar-refractivity contribution in [1.29, 1.82) is 10.7 Å². The molecule has 1 aliphatic heterocycles. The molecule has 0 spiro atoms. The van der Waals surface area contributed by atoms with E-state index in [1.165, 1.54) is 32.3 Å². The van der Waals surface area contributed by atoms with Crippen molar-refractivity contribution < 1.29 is 0 Å². The molecule has 4 aromatic carbocycles. The molecule has 0 aliphatic carbocycles. The summed E-state index contributed by atoms with van der Waals surface area (Å²) in [5, 5.41) is 23.8. The molecule has 1 aliphatic rings. The Morgan fingerprint density at radius 3 is 2.12 bits per heavy atom. The lowest BCUT2D eigenvalue weighted by molar-refractivity contribution is 1.25. The van der Waals surface area contributed by atoms with E-state index in [0.717, 1.165) is 22.3 Å². The van der Waals surface area contributed by atoms with Crippen LogP contribution in [0.1, 0.15) is 11.1 Å². The zero-order chi connectivity index (χ0) is 23.1. The van der Waals surface area contributed by atoms with Gasteiger partial charge in [-0.1, -0.05) is 48.5 Å². The Kier molecular flexibility index (Phi) is 4.63. The van der Waals surface area contributed by atoms with Gasteiger partial charge in [0.25, 0.3) is 0 Å². The maximum Gasteiger partial charge on any atom is 0.101 e. The number of pyridine rings is 1. The summed E-state index contributed by atoms with van der Waals surface area (Å²) in [6, 6.07) is 25.5. The highest BCUT2D eigenvalue weighted by atomic mass is 14.7. The summed E-state index contributed by atoms with van der Waals surface area (Å²) in [7, 11) is 0. The maximum absolute atomic E-state index is 9.27. The van der Waals surface area contributed by atoms with Gasteiger partial charge in [0.1, 0.15) is 6.07 Å². The second-order valence-corrected chi connectivity index (χ2v) is 8.36. The number of aliphatic imine (C=N–C) groups is 1. The summed E-state index contributed by atoms with van der Waals surface area (Å²) >= 11 is 0. The van der Waals surface area contributed by atoms with Gasteiger partial charge in [0, 0.05) is 24.2 Å². The van der Waals surface area contributed by atoms with Gasteiger partial charge in [-0.2, -0.15) is 5.26 Å². The summed E-state index contributed by atoms with van der Waals surface area (Å²) in [5.41, 5.74) is 5.40. The molecule has 0 amide bonds. The number of fused-ring (bicyclic) bond motifs is 6. The Labute approximate surface area is 196 Å². The molecule has 0 radical (unpaired) electrons. The van der Waals surface area contributed by atoms with Crippen molar-refractivity contribution >= 4 is 50.0 Å². The largest absolute Gasteiger partial charge is 0.287 e. The molecule has 5 aromatic rings. The molecule has 2 heterocycles. The highest BCUT2D eigenvalue weighted by Crippen LogP contribution is 2.38. The maximum atomic E-state index is 9.27. The van der Waals surface area contributed by atoms with Crippen LogP contribution in [0.3, 0.4) is 0 Å². The third kappa shape index (κ3) is 3.20. The molecule has 0 unspecified atom stereocenters. The molecule has 1 N–H and O–H groups in total. The first-order valence-corrected chi connectivity index (χ1v) is 11.0. The minimum Gasteiger partial charge on any atom is -0.287 e. The van der Waals surface area contributed by atoms with E-state index in [-0.39, 0.29) is 0 Å². The minimum absolute atomic E-state index is 0.552. The van der Waals surface area contributed by atoms with Gasteiger partial charge in [0.15, 0.2) is 0 Å². The van der Waals surface area contributed by atoms with Crippen molar-refractivity contribution in [2.75, 3.05) is 6.54 Å². The van der Waals surface area contributed by atoms with Crippen LogP contribution in [0.15, 0.2) is 95.8 Å². The van der Waals surface area contributed by atoms with E-state index >= 15 is 0 Å². The number of rotatable bonds is 2. The van der Waals surface area contributed by atoms with E-state index < -0.39 is 0 Å². The predicted molar refractivity (Wildman–Crippen MR) is 139 cm³/mol. The van der Waals surface area contributed by atoms with Crippen LogP contribution >= 0.6 is 0 Å². The number of nitrogens with one attached hydrogen (secondary N) is 1. The van der Waals surface area contributed by atoms with Crippen molar-refractivity contribution in [2.24, 2.45) is 4.99 Å². The molecule has 4 nitrogen and oxygen atoms in total. The highest BCUT2D eigenvalue weighted by molar-refractivity contribution is 6.26. The number of dihydropyridines is 1. The van der Waals surface area contributed by atoms with Crippen LogP contribution in [0.5, 0.6) is 0 Å². The third-order valence-electron chi connectivity index (χ3n) is 6.37. The molecule has 0 bridgehead atoms. The van der Waals surface area contributed by atoms with E-state index in [2.05, 4.69) is 82.6 Å². The number of nitriles is 1. The average Bonchev–Trinajstić information content (AvgIpc) is 2.92. The Hall–Kier alpha value is -4.84. The standard InChI is InChI=1S/C30H18N4/c31-13-19-9-23(17-33-15-19)21-5-7-27-28-8-6-22(24-10-20(14-32)16-34-18-24)12-30(28)26-4-2-1-3-25(26)29(27)11-21/h1-12,15-17,32H,18H2. The van der Waals surface area contributed by atoms with Crippen LogP contribution in [-0.4, -0.2) is 23.6 Å². The van der Waals surface area contributed by atoms with Crippen molar-refractivity contribution in [2.45, 2.75) is 0 Å². The van der Waals surface area contributed by atoms with Gasteiger partial charge < -0.3 is 0 Å². The van der Waals surface area contributed by atoms with Gasteiger partial charge >= 0.3 is 0 Å². The van der Waals surface area contributed by atoms with Crippen LogP contribution in [0.4, 0.5) is 0 Å². The van der Waals surface area contributed by atoms with E-state index in [9.17, 15) is 5.26 Å². The molecule has 4 heteroatoms. The normalized spacial score (nSPS) is 13.1. The first-order valence-electron chi connectivity index (χ1n) is 11.0. The summed E-state index contributed by atoms with van der Waals surface area (Å²) in [6.45, 7) is 0.599. The summed E-state index contributed by atoms with van der Waals surface area (Å²) in [4.78, 5) is 8.63. The fourth-order valence-electron chi connectivity index (χ4n) is 4.75. The van der Waals surface area contributed by atoms with E-state index in [1.54, 1.807) is 18.6 Å². The molecular formula is C30H18N4. The van der Waals surface area contributed by atoms with E-state index in [1.807, 2.05) is 12.1 Å². The highest BCUT2D eigenvalue weighted by Gasteiger charge is 2.13. The lowest BCUT2D eigenvalue weighted by Crippen LogP contribution is -1.98. The zero-order valence-corrected chi connectivity index (χ0v) is 18.2. The smallest absolute Gasteiger partial charge is 0.101 e. The summed E-state index contributed by atoms with van der Waals surface area (Å²) in [6.07, 6.45) is 7.06. The molecule has 6 rings (SSSR count). The van der Waals surface area contributed by atoms with E-state index in [4.69, 9.17) is 5.41 Å². The second kappa shape index (κ2) is 7.94. The van der Waals surface area contributed by atoms with Crippen LogP contribution in [0.2, 0.25) is 0 Å². The first-order chi connectivity index (χ1) is 16.7. The number of hydrogen-bond donors (Lipinski definition) is 1. The monoisotopic (exact) mass is 434 g/mol. The van der Waals surface area contributed by atoms with Gasteiger partial charge in [-0.25, -0.2) is 0 Å². The number of nitrogens with zero attached hydrogens (tertiary/aromatic N) is 3. The molecule has 0 fully saturated rings. The van der Waals surface area contributed by atoms with Gasteiger partial charge in [-0.05, 0) is 79.2 Å². The quantitative estimate of drug-likeness (QED) is 0.247. The number of benzene rings is 4. The molecular weight excluding hydrogens is 416 g/mol. The molecule has 0 saturated heterocycles. The Balaban J connectivity index is 1.61. The molecule has 0 saturated carbocycles. The SMILES string of the molecule is N#Cc1cncc(-c2ccc3c4ccc(C5=CC(=C=N)C=NC5)cc4c4ccccc4c3c2)c1. The summed E-state index contributed by atoms with van der Waals surface area (Å²) < 4.78 is 0. The fourth-order valence-corrected chi connectivity index (χ4v) is 4.75. The van der Waals surface area contributed by atoms with Crippen molar-refractivity contribution in [3.8, 4) is 17.2 Å². The Bertz CT molecular complexity index is 1770. The van der Waals surface area contributed by atoms with Gasteiger partial charge in [-0.3, -0.25) is 15.4 Å². The minimum atomic E-state index is 0.552. The Morgan fingerprint density at radius 1 is 0.735 bits per heavy atom. The predicted octanol–water partition coefficient (Wildman–Crippen LogP) is 6.72. The van der Waals surface area contributed by atoms with Crippen molar-refractivity contribution in [3.05, 3.63) is 102 Å². The van der Waals surface area contributed by atoms with Crippen LogP contribution in [0, 0.1) is 16.7 Å². The van der Waals surface area contributed by atoms with Crippen LogP contribution < -0.4 is 0 Å². The van der Waals surface area contributed by atoms with Gasteiger partial charge in [0.2, 0.25) is 0 Å². The second-order valence-electron chi connectivity index (χ2n) is 8.36. The number of allylic oxidation sites excluding steroid dienone is 2. The molecule has 0 atom stereocenters. The number of hydrogen-bond acceptors (Lipinski definition) is 4. The van der Waals surface area contributed by atoms with Crippen LogP contribution in [0.25, 0.3) is 49.0 Å². The zero-order valence-electron chi connectivity index (χ0n) is 18.2. The first kappa shape index (κ1) is 19.8. The fraction of sp³-hybridized carbons (Fsp3) is 0.0333. The average molecular weight is 435 g/mol. The van der Waals surface area contributed by atoms with Gasteiger partial charge in [-0.15, -0.1) is 0 Å². The van der Waals surface area contributed by atoms with Crippen molar-refractivity contribution in [1.82, 2.24) is 4.98 Å². The lowest BCUT2D eigenvalue weighted by Gasteiger charge is -2.15. The van der Waals surface area contributed by atoms with Crippen LogP contribution in [-0.2, 0) is 0 Å². The van der Waals surface area contributed by atoms with Crippen molar-refractivity contribution in [3.63, 3.8) is 0 Å². The third-order valence-corrected chi connectivity index (χ3v) is 6.37. The van der Waals surface area contributed by atoms with Gasteiger partial charge in [0.05, 0.1) is 17.7 Å². The number of aromatic nitrogens is 1. The molecule has 1 aromatic heterocycles. The molecule has 158 valence electrons. The topological polar surface area (TPSA) is 72.9 Å².